The zero-order valence-corrected chi connectivity index (χ0v) is 24.1. The minimum atomic E-state index is -0.346. The molecule has 0 aliphatic rings. The third-order valence-corrected chi connectivity index (χ3v) is 7.65. The Morgan fingerprint density at radius 1 is 0.744 bits per heavy atom. The van der Waals surface area contributed by atoms with Gasteiger partial charge >= 0.3 is 11.9 Å². The van der Waals surface area contributed by atoms with E-state index in [1.165, 1.54) is 0 Å². The van der Waals surface area contributed by atoms with Gasteiger partial charge in [-0.05, 0) is 38.5 Å². The second kappa shape index (κ2) is 17.8. The number of aryl methyl sites for hydroxylation is 2. The van der Waals surface area contributed by atoms with E-state index >= 15 is 0 Å². The van der Waals surface area contributed by atoms with Gasteiger partial charge in [0.25, 0.3) is 0 Å². The molecular weight excluding hydrogens is 500 g/mol. The molecule has 2 aromatic rings. The smallest absolute Gasteiger partial charge is 0.309 e. The number of aromatic nitrogens is 4. The summed E-state index contributed by atoms with van der Waals surface area (Å²) in [7, 11) is 3.81. The fourth-order valence-corrected chi connectivity index (χ4v) is 5.05. The van der Waals surface area contributed by atoms with E-state index < -0.39 is 0 Å². The maximum Gasteiger partial charge on any atom is 0.309 e. The molecule has 10 nitrogen and oxygen atoms in total. The molecule has 0 aliphatic heterocycles. The Morgan fingerprint density at radius 2 is 1.13 bits per heavy atom. The first-order chi connectivity index (χ1) is 18.9. The van der Waals surface area contributed by atoms with Crippen LogP contribution in [0.3, 0.4) is 0 Å². The monoisotopic (exact) mass is 548 g/mol. The van der Waals surface area contributed by atoms with Crippen molar-refractivity contribution in [3.05, 3.63) is 36.4 Å². The summed E-state index contributed by atoms with van der Waals surface area (Å²) in [6.07, 6.45) is 13.7. The summed E-state index contributed by atoms with van der Waals surface area (Å²) in [6, 6.07) is 0. The molecule has 0 amide bonds. The largest absolute Gasteiger partial charge is 0.465 e. The lowest BCUT2D eigenvalue weighted by atomic mass is 9.87. The van der Waals surface area contributed by atoms with Crippen LogP contribution in [0.4, 0.5) is 0 Å². The quantitative estimate of drug-likeness (QED) is 0.191. The van der Waals surface area contributed by atoms with Crippen LogP contribution < -0.4 is 0 Å². The normalized spacial score (nSPS) is 14.5. The van der Waals surface area contributed by atoms with E-state index in [1.807, 2.05) is 37.1 Å². The fourth-order valence-electron chi connectivity index (χ4n) is 5.05. The van der Waals surface area contributed by atoms with Crippen molar-refractivity contribution < 1.29 is 29.3 Å². The summed E-state index contributed by atoms with van der Waals surface area (Å²) in [4.78, 5) is 33.5. The number of esters is 2. The minimum absolute atomic E-state index is 0.0760. The molecule has 0 fully saturated rings. The standard InChI is InChI=1S/C29H48N4O6/c1-5-26(22(18-34)14-24-16-30-20-32(24)3)28(36)38-12-10-8-7-9-11-13-39-29(37)27(6-2)23(19-35)15-25-17-31-21-33(25)4/h16-17,20-23,26-27,34-35H,5-15,18-19H2,1-4H3/t22-,23-,26-,27-/m0/s1. The summed E-state index contributed by atoms with van der Waals surface area (Å²) in [5, 5.41) is 19.8. The predicted octanol–water partition coefficient (Wildman–Crippen LogP) is 3.25. The maximum atomic E-state index is 12.7. The van der Waals surface area contributed by atoms with E-state index in [2.05, 4.69) is 9.97 Å². The third-order valence-electron chi connectivity index (χ3n) is 7.65. The number of imidazole rings is 2. The van der Waals surface area contributed by atoms with Gasteiger partial charge in [-0.15, -0.1) is 0 Å². The van der Waals surface area contributed by atoms with Crippen molar-refractivity contribution in [1.82, 2.24) is 19.1 Å². The number of carbonyl (C=O) groups excluding carboxylic acids is 2. The number of ether oxygens (including phenoxy) is 2. The zero-order chi connectivity index (χ0) is 28.6. The molecule has 4 atom stereocenters. The van der Waals surface area contributed by atoms with Crippen LogP contribution in [0.2, 0.25) is 0 Å². The molecule has 0 saturated carbocycles. The van der Waals surface area contributed by atoms with Crippen molar-refractivity contribution in [2.24, 2.45) is 37.8 Å². The number of aliphatic hydroxyl groups is 2. The lowest BCUT2D eigenvalue weighted by Crippen LogP contribution is -2.30. The molecular formula is C29H48N4O6. The van der Waals surface area contributed by atoms with Crippen LogP contribution in [0.1, 0.15) is 70.2 Å². The highest BCUT2D eigenvalue weighted by Crippen LogP contribution is 2.23. The van der Waals surface area contributed by atoms with Crippen molar-refractivity contribution >= 4 is 11.9 Å². The fraction of sp³-hybridized carbons (Fsp3) is 0.724. The first-order valence-corrected chi connectivity index (χ1v) is 14.3. The molecule has 2 rings (SSSR count). The van der Waals surface area contributed by atoms with Crippen molar-refractivity contribution in [2.45, 2.75) is 71.6 Å². The van der Waals surface area contributed by atoms with Gasteiger partial charge in [0, 0.05) is 62.9 Å². The summed E-state index contributed by atoms with van der Waals surface area (Å²) >= 11 is 0. The van der Waals surface area contributed by atoms with Crippen molar-refractivity contribution in [2.75, 3.05) is 26.4 Å². The predicted molar refractivity (Wildman–Crippen MR) is 148 cm³/mol. The Hall–Kier alpha value is -2.72. The minimum Gasteiger partial charge on any atom is -0.465 e. The van der Waals surface area contributed by atoms with E-state index in [9.17, 15) is 19.8 Å². The van der Waals surface area contributed by atoms with E-state index in [-0.39, 0.29) is 48.8 Å². The molecule has 10 heteroatoms. The average molecular weight is 549 g/mol. The van der Waals surface area contributed by atoms with E-state index in [0.717, 1.165) is 43.5 Å². The molecule has 0 radical (unpaired) electrons. The molecule has 39 heavy (non-hydrogen) atoms. The number of unbranched alkanes of at least 4 members (excludes halogenated alkanes) is 4. The first kappa shape index (κ1) is 32.5. The van der Waals surface area contributed by atoms with Gasteiger partial charge < -0.3 is 28.8 Å². The molecule has 0 saturated heterocycles. The van der Waals surface area contributed by atoms with Gasteiger partial charge in [0.05, 0.1) is 37.7 Å². The molecule has 2 N–H and O–H groups in total. The third kappa shape index (κ3) is 10.4. The molecule has 0 spiro atoms. The molecule has 0 bridgehead atoms. The second-order valence-electron chi connectivity index (χ2n) is 10.4. The number of rotatable bonds is 20. The lowest BCUT2D eigenvalue weighted by molar-refractivity contribution is -0.152. The SMILES string of the molecule is CC[C@H](C(=O)OCCCCCCCOC(=O)[C@@H](CC)[C@H](CO)Cc1cncn1C)[C@H](CO)Cc1cncn1C. The Labute approximate surface area is 232 Å². The van der Waals surface area contributed by atoms with Gasteiger partial charge in [0.1, 0.15) is 0 Å². The van der Waals surface area contributed by atoms with Gasteiger partial charge in [-0.2, -0.15) is 0 Å². The first-order valence-electron chi connectivity index (χ1n) is 14.3. The van der Waals surface area contributed by atoms with Crippen molar-refractivity contribution in [1.29, 1.82) is 0 Å². The summed E-state index contributed by atoms with van der Waals surface area (Å²) in [5.74, 6) is -1.59. The summed E-state index contributed by atoms with van der Waals surface area (Å²) < 4.78 is 14.9. The van der Waals surface area contributed by atoms with Gasteiger partial charge in [-0.1, -0.05) is 33.1 Å². The van der Waals surface area contributed by atoms with Gasteiger partial charge in [-0.25, -0.2) is 9.97 Å². The van der Waals surface area contributed by atoms with Crippen LogP contribution >= 0.6 is 0 Å². The van der Waals surface area contributed by atoms with E-state index in [1.54, 1.807) is 25.0 Å². The molecule has 0 aliphatic carbocycles. The Balaban J connectivity index is 1.61. The van der Waals surface area contributed by atoms with Crippen LogP contribution in [0.5, 0.6) is 0 Å². The number of carbonyl (C=O) groups is 2. The van der Waals surface area contributed by atoms with Crippen LogP contribution in [-0.4, -0.2) is 67.7 Å². The highest BCUT2D eigenvalue weighted by Gasteiger charge is 2.29. The number of nitrogens with zero attached hydrogens (tertiary/aromatic N) is 4. The number of hydrogen-bond acceptors (Lipinski definition) is 8. The van der Waals surface area contributed by atoms with Gasteiger partial charge in [0.2, 0.25) is 0 Å². The summed E-state index contributed by atoms with van der Waals surface area (Å²) in [5.41, 5.74) is 1.96. The molecule has 2 aromatic heterocycles. The highest BCUT2D eigenvalue weighted by atomic mass is 16.5. The number of hydrogen-bond donors (Lipinski definition) is 2. The van der Waals surface area contributed by atoms with E-state index in [0.29, 0.717) is 38.9 Å². The topological polar surface area (TPSA) is 129 Å². The Morgan fingerprint density at radius 3 is 1.44 bits per heavy atom. The van der Waals surface area contributed by atoms with Crippen LogP contribution in [0, 0.1) is 23.7 Å². The molecule has 0 aromatic carbocycles. The average Bonchev–Trinajstić information content (AvgIpc) is 3.53. The summed E-state index contributed by atoms with van der Waals surface area (Å²) in [6.45, 7) is 4.47. The maximum absolute atomic E-state index is 12.7. The Kier molecular flexibility index (Phi) is 14.8. The van der Waals surface area contributed by atoms with Gasteiger partial charge in [0.15, 0.2) is 0 Å². The molecule has 0 unspecified atom stereocenters. The number of aliphatic hydroxyl groups excluding tert-OH is 2. The zero-order valence-electron chi connectivity index (χ0n) is 24.1. The Bertz CT molecular complexity index is 898. The molecule has 2 heterocycles. The van der Waals surface area contributed by atoms with Crippen LogP contribution in [-0.2, 0) is 46.0 Å². The lowest BCUT2D eigenvalue weighted by Gasteiger charge is -2.23. The van der Waals surface area contributed by atoms with Crippen molar-refractivity contribution in [3.63, 3.8) is 0 Å². The van der Waals surface area contributed by atoms with Crippen molar-refractivity contribution in [3.8, 4) is 0 Å². The van der Waals surface area contributed by atoms with Gasteiger partial charge in [-0.3, -0.25) is 9.59 Å². The van der Waals surface area contributed by atoms with Crippen LogP contribution in [0.25, 0.3) is 0 Å². The second-order valence-corrected chi connectivity index (χ2v) is 10.4. The molecule has 220 valence electrons. The van der Waals surface area contributed by atoms with Crippen LogP contribution in [0.15, 0.2) is 25.0 Å². The van der Waals surface area contributed by atoms with E-state index in [4.69, 9.17) is 9.47 Å². The highest BCUT2D eigenvalue weighted by molar-refractivity contribution is 5.73.